The third kappa shape index (κ3) is 7.34. The van der Waals surface area contributed by atoms with Crippen molar-refractivity contribution in [3.8, 4) is 0 Å². The number of methoxy groups -OCH3 is 1. The topological polar surface area (TPSA) is 63.2 Å². The lowest BCUT2D eigenvalue weighted by molar-refractivity contribution is -0.177. The summed E-state index contributed by atoms with van der Waals surface area (Å²) in [4.78, 5) is 13.0. The number of ether oxygens (including phenoxy) is 4. The number of carbonyl (C=O) groups excluding carboxylic acids is 1. The molecule has 0 bridgehead atoms. The Bertz CT molecular complexity index is 1320. The fourth-order valence-electron chi connectivity index (χ4n) is 6.54. The van der Waals surface area contributed by atoms with Crippen LogP contribution >= 0.6 is 0 Å². The minimum Gasteiger partial charge on any atom is -0.469 e. The van der Waals surface area contributed by atoms with Crippen LogP contribution in [0.15, 0.2) is 91.0 Å². The second kappa shape index (κ2) is 13.7. The van der Waals surface area contributed by atoms with Crippen molar-refractivity contribution in [1.29, 1.82) is 0 Å². The lowest BCUT2D eigenvalue weighted by Gasteiger charge is -2.45. The van der Waals surface area contributed by atoms with E-state index in [1.165, 1.54) is 7.11 Å². The largest absolute Gasteiger partial charge is 0.469 e. The van der Waals surface area contributed by atoms with Crippen LogP contribution < -0.4 is 0 Å². The summed E-state index contributed by atoms with van der Waals surface area (Å²) >= 11 is 0. The van der Waals surface area contributed by atoms with E-state index < -0.39 is 43.4 Å². The standard InChI is InChI=1S/C39H54O6Si/c1-28(33(29(2)35(40)41-9)44-46(10,11)36(3,4)5)34-38(8,45-37(6,7)43-34)27-42-39(30-21-15-12-16-22-30,31-23-17-13-18-24-31)32-25-19-14-20-26-32/h12-26,28-29,33-34H,27H2,1-11H3. The maximum Gasteiger partial charge on any atom is 0.310 e. The molecule has 3 aromatic rings. The molecule has 1 aliphatic rings. The molecular weight excluding hydrogens is 593 g/mol. The average molecular weight is 647 g/mol. The number of hydrogen-bond donors (Lipinski definition) is 0. The Balaban J connectivity index is 1.80. The smallest absolute Gasteiger partial charge is 0.310 e. The molecule has 0 aromatic heterocycles. The fourth-order valence-corrected chi connectivity index (χ4v) is 8.00. The van der Waals surface area contributed by atoms with Crippen LogP contribution in [0.2, 0.25) is 18.1 Å². The monoisotopic (exact) mass is 646 g/mol. The molecule has 3 aromatic carbocycles. The molecule has 1 saturated heterocycles. The van der Waals surface area contributed by atoms with Gasteiger partial charge in [0.2, 0.25) is 0 Å². The van der Waals surface area contributed by atoms with Gasteiger partial charge in [-0.15, -0.1) is 0 Å². The van der Waals surface area contributed by atoms with Crippen LogP contribution in [0.5, 0.6) is 0 Å². The van der Waals surface area contributed by atoms with Gasteiger partial charge < -0.3 is 23.4 Å². The first kappa shape index (κ1) is 36.0. The fraction of sp³-hybridized carbons (Fsp3) is 0.513. The van der Waals surface area contributed by atoms with Gasteiger partial charge in [-0.05, 0) is 62.5 Å². The predicted octanol–water partition coefficient (Wildman–Crippen LogP) is 8.74. The van der Waals surface area contributed by atoms with E-state index in [0.29, 0.717) is 0 Å². The molecule has 0 saturated carbocycles. The number of rotatable bonds is 12. The Hall–Kier alpha value is -2.81. The molecule has 1 heterocycles. The van der Waals surface area contributed by atoms with Crippen LogP contribution in [0.4, 0.5) is 0 Å². The maximum atomic E-state index is 13.0. The van der Waals surface area contributed by atoms with Crippen molar-refractivity contribution >= 4 is 14.3 Å². The molecule has 0 N–H and O–H groups in total. The Labute approximate surface area is 277 Å². The van der Waals surface area contributed by atoms with E-state index in [-0.39, 0.29) is 23.5 Å². The van der Waals surface area contributed by atoms with Crippen molar-refractivity contribution in [1.82, 2.24) is 0 Å². The zero-order valence-corrected chi connectivity index (χ0v) is 30.6. The van der Waals surface area contributed by atoms with Crippen LogP contribution in [-0.2, 0) is 33.8 Å². The van der Waals surface area contributed by atoms with Crippen LogP contribution in [0, 0.1) is 11.8 Å². The van der Waals surface area contributed by atoms with Crippen LogP contribution in [-0.4, -0.2) is 51.6 Å². The Morgan fingerprint density at radius 1 is 0.826 bits per heavy atom. The van der Waals surface area contributed by atoms with Crippen molar-refractivity contribution in [3.05, 3.63) is 108 Å². The molecule has 250 valence electrons. The van der Waals surface area contributed by atoms with Gasteiger partial charge in [0.15, 0.2) is 14.1 Å². The molecule has 46 heavy (non-hydrogen) atoms. The van der Waals surface area contributed by atoms with Gasteiger partial charge in [-0.2, -0.15) is 0 Å². The van der Waals surface area contributed by atoms with Crippen molar-refractivity contribution in [3.63, 3.8) is 0 Å². The molecule has 5 unspecified atom stereocenters. The Morgan fingerprint density at radius 3 is 1.65 bits per heavy atom. The van der Waals surface area contributed by atoms with Gasteiger partial charge in [-0.3, -0.25) is 4.79 Å². The van der Waals surface area contributed by atoms with Gasteiger partial charge in [0.1, 0.15) is 11.2 Å². The molecule has 6 nitrogen and oxygen atoms in total. The highest BCUT2D eigenvalue weighted by Gasteiger charge is 2.57. The number of esters is 1. The summed E-state index contributed by atoms with van der Waals surface area (Å²) < 4.78 is 33.1. The number of benzene rings is 3. The Kier molecular flexibility index (Phi) is 10.8. The second-order valence-electron chi connectivity index (χ2n) is 14.9. The molecule has 0 aliphatic carbocycles. The highest BCUT2D eigenvalue weighted by Crippen LogP contribution is 2.47. The molecule has 1 fully saturated rings. The summed E-state index contributed by atoms with van der Waals surface area (Å²) in [6.07, 6.45) is -0.915. The third-order valence-electron chi connectivity index (χ3n) is 9.91. The number of hydrogen-bond acceptors (Lipinski definition) is 6. The maximum absolute atomic E-state index is 13.0. The molecule has 0 radical (unpaired) electrons. The van der Waals surface area contributed by atoms with Crippen molar-refractivity contribution in [2.75, 3.05) is 13.7 Å². The van der Waals surface area contributed by atoms with Gasteiger partial charge in [-0.25, -0.2) is 0 Å². The minimum absolute atomic E-state index is 0.0554. The molecule has 4 rings (SSSR count). The lowest BCUT2D eigenvalue weighted by atomic mass is 9.79. The van der Waals surface area contributed by atoms with E-state index >= 15 is 0 Å². The molecule has 0 spiro atoms. The summed E-state index contributed by atoms with van der Waals surface area (Å²) in [5.74, 6) is -1.94. The summed E-state index contributed by atoms with van der Waals surface area (Å²) in [6.45, 7) is 21.2. The predicted molar refractivity (Wildman–Crippen MR) is 186 cm³/mol. The average Bonchev–Trinajstić information content (AvgIpc) is 3.28. The Morgan fingerprint density at radius 2 is 1.26 bits per heavy atom. The molecule has 1 aliphatic heterocycles. The van der Waals surface area contributed by atoms with E-state index in [4.69, 9.17) is 23.4 Å². The lowest BCUT2D eigenvalue weighted by Crippen LogP contribution is -2.55. The van der Waals surface area contributed by atoms with Crippen molar-refractivity contribution < 1.29 is 28.2 Å². The molecule has 5 atom stereocenters. The summed E-state index contributed by atoms with van der Waals surface area (Å²) in [5.41, 5.74) is 1.22. The zero-order valence-electron chi connectivity index (χ0n) is 29.6. The second-order valence-corrected chi connectivity index (χ2v) is 19.7. The molecular formula is C39H54O6Si. The minimum atomic E-state index is -2.30. The molecule has 7 heteroatoms. The van der Waals surface area contributed by atoms with Crippen LogP contribution in [0.25, 0.3) is 0 Å². The van der Waals surface area contributed by atoms with E-state index in [1.54, 1.807) is 0 Å². The third-order valence-corrected chi connectivity index (χ3v) is 14.4. The van der Waals surface area contributed by atoms with Crippen LogP contribution in [0.1, 0.15) is 72.1 Å². The first-order chi connectivity index (χ1) is 21.5. The molecule has 0 amide bonds. The normalized spacial score (nSPS) is 22.2. The van der Waals surface area contributed by atoms with Gasteiger partial charge in [0, 0.05) is 5.92 Å². The van der Waals surface area contributed by atoms with Gasteiger partial charge in [0.05, 0.1) is 31.8 Å². The van der Waals surface area contributed by atoms with E-state index in [9.17, 15) is 4.79 Å². The summed E-state index contributed by atoms with van der Waals surface area (Å²) in [5, 5.41) is -0.0554. The summed E-state index contributed by atoms with van der Waals surface area (Å²) in [6, 6.07) is 31.0. The first-order valence-electron chi connectivity index (χ1n) is 16.4. The van der Waals surface area contributed by atoms with Crippen molar-refractivity contribution in [2.24, 2.45) is 11.8 Å². The van der Waals surface area contributed by atoms with Gasteiger partial charge >= 0.3 is 5.97 Å². The van der Waals surface area contributed by atoms with Crippen molar-refractivity contribution in [2.45, 2.75) is 103 Å². The highest BCUT2D eigenvalue weighted by molar-refractivity contribution is 6.74. The SMILES string of the molecule is COC(=O)C(C)C(O[Si](C)(C)C(C)(C)C)C(C)C1OC(C)(C)OC1(C)COC(c1ccccc1)(c1ccccc1)c1ccccc1. The van der Waals surface area contributed by atoms with Gasteiger partial charge in [-0.1, -0.05) is 119 Å². The highest BCUT2D eigenvalue weighted by atomic mass is 28.4. The first-order valence-corrected chi connectivity index (χ1v) is 19.3. The van der Waals surface area contributed by atoms with Gasteiger partial charge in [0.25, 0.3) is 0 Å². The van der Waals surface area contributed by atoms with Crippen LogP contribution in [0.3, 0.4) is 0 Å². The van der Waals surface area contributed by atoms with E-state index in [1.807, 2.05) is 75.4 Å². The summed E-state index contributed by atoms with van der Waals surface area (Å²) in [7, 11) is -0.871. The number of carbonyl (C=O) groups is 1. The van der Waals surface area contributed by atoms with E-state index in [2.05, 4.69) is 84.1 Å². The van der Waals surface area contributed by atoms with E-state index in [0.717, 1.165) is 16.7 Å². The zero-order chi connectivity index (χ0) is 34.0. The quantitative estimate of drug-likeness (QED) is 0.111.